The number of carbonyl (C=O) groups is 1. The minimum absolute atomic E-state index is 0.0215. The molecule has 1 aliphatic rings. The predicted molar refractivity (Wildman–Crippen MR) is 73.7 cm³/mol. The van der Waals surface area contributed by atoms with Crippen LogP contribution in [0.25, 0.3) is 0 Å². The van der Waals surface area contributed by atoms with E-state index in [4.69, 9.17) is 0 Å². The first-order valence-electron chi connectivity index (χ1n) is 6.50. The minimum Gasteiger partial charge on any atom is -0.351 e. The Hall–Kier alpha value is -2.16. The number of nitrogens with one attached hydrogen (secondary N) is 1. The lowest BCUT2D eigenvalue weighted by Gasteiger charge is -2.28. The summed E-state index contributed by atoms with van der Waals surface area (Å²) in [5.74, 6) is 0.134. The van der Waals surface area contributed by atoms with Gasteiger partial charge in [-0.2, -0.15) is 0 Å². The van der Waals surface area contributed by atoms with Crippen molar-refractivity contribution >= 4 is 5.91 Å². The highest BCUT2D eigenvalue weighted by Gasteiger charge is 2.31. The lowest BCUT2D eigenvalue weighted by Crippen LogP contribution is -2.35. The van der Waals surface area contributed by atoms with Crippen LogP contribution in [-0.4, -0.2) is 10.9 Å². The van der Waals surface area contributed by atoms with Crippen LogP contribution in [0.3, 0.4) is 0 Å². The van der Waals surface area contributed by atoms with Crippen molar-refractivity contribution in [2.75, 3.05) is 0 Å². The second-order valence-electron chi connectivity index (χ2n) is 4.98. The van der Waals surface area contributed by atoms with E-state index in [2.05, 4.69) is 16.4 Å². The van der Waals surface area contributed by atoms with Crippen LogP contribution in [0.5, 0.6) is 0 Å². The molecule has 0 aliphatic heterocycles. The number of fused-ring (bicyclic) bond motifs is 1. The smallest absolute Gasteiger partial charge is 0.228 e. The molecule has 1 unspecified atom stereocenters. The monoisotopic (exact) mass is 252 g/mol. The van der Waals surface area contributed by atoms with Crippen molar-refractivity contribution in [3.63, 3.8) is 0 Å². The molecule has 1 aromatic heterocycles. The zero-order valence-corrected chi connectivity index (χ0v) is 10.9. The van der Waals surface area contributed by atoms with Crippen LogP contribution in [-0.2, 0) is 17.8 Å². The van der Waals surface area contributed by atoms with Crippen molar-refractivity contribution in [1.29, 1.82) is 0 Å². The molecule has 3 heteroatoms. The highest BCUT2D eigenvalue weighted by Crippen LogP contribution is 2.34. The Morgan fingerprint density at radius 1 is 1.37 bits per heavy atom. The number of carbonyl (C=O) groups excluding carboxylic acids is 1. The highest BCUT2D eigenvalue weighted by atomic mass is 16.1. The zero-order chi connectivity index (χ0) is 13.2. The molecule has 96 valence electrons. The van der Waals surface area contributed by atoms with Crippen molar-refractivity contribution in [2.45, 2.75) is 25.8 Å². The average molecular weight is 252 g/mol. The van der Waals surface area contributed by atoms with E-state index in [0.717, 1.165) is 17.5 Å². The van der Waals surface area contributed by atoms with E-state index in [1.165, 1.54) is 11.1 Å². The Kier molecular flexibility index (Phi) is 3.03. The summed E-state index contributed by atoms with van der Waals surface area (Å²) in [6.07, 6.45) is 4.43. The van der Waals surface area contributed by atoms with Crippen molar-refractivity contribution < 1.29 is 4.79 Å². The maximum Gasteiger partial charge on any atom is 0.228 e. The molecule has 1 aromatic carbocycles. The summed E-state index contributed by atoms with van der Waals surface area (Å²) in [6.45, 7) is 2.58. The van der Waals surface area contributed by atoms with E-state index in [0.29, 0.717) is 6.54 Å². The van der Waals surface area contributed by atoms with Gasteiger partial charge >= 0.3 is 0 Å². The van der Waals surface area contributed by atoms with Crippen LogP contribution >= 0.6 is 0 Å². The first kappa shape index (κ1) is 11.9. The quantitative estimate of drug-likeness (QED) is 0.911. The third-order valence-electron chi connectivity index (χ3n) is 3.77. The van der Waals surface area contributed by atoms with Gasteiger partial charge in [0.15, 0.2) is 0 Å². The van der Waals surface area contributed by atoms with Gasteiger partial charge in [0.1, 0.15) is 0 Å². The normalized spacial score (nSPS) is 16.4. The van der Waals surface area contributed by atoms with E-state index in [1.54, 1.807) is 6.20 Å². The number of nitrogens with zero attached hydrogens (tertiary/aromatic N) is 1. The van der Waals surface area contributed by atoms with Gasteiger partial charge < -0.3 is 5.32 Å². The van der Waals surface area contributed by atoms with Gasteiger partial charge in [0, 0.05) is 18.9 Å². The molecule has 0 fully saturated rings. The molecule has 3 rings (SSSR count). The Labute approximate surface area is 112 Å². The van der Waals surface area contributed by atoms with Crippen molar-refractivity contribution in [3.8, 4) is 0 Å². The Morgan fingerprint density at radius 2 is 2.21 bits per heavy atom. The molecule has 0 saturated heterocycles. The second kappa shape index (κ2) is 4.84. The minimum atomic E-state index is 0.0215. The standard InChI is InChI=1S/C16H16N2O/c1-11-6-7-17-9-13(11)10-18-16(19)15-8-12-4-2-3-5-14(12)15/h2-7,9,15H,8,10H2,1H3,(H,18,19). The zero-order valence-electron chi connectivity index (χ0n) is 10.9. The summed E-state index contributed by atoms with van der Waals surface area (Å²) < 4.78 is 0. The fourth-order valence-corrected chi connectivity index (χ4v) is 2.48. The van der Waals surface area contributed by atoms with E-state index in [-0.39, 0.29) is 11.8 Å². The number of aryl methyl sites for hydroxylation is 1. The molecule has 1 atom stereocenters. The molecule has 0 spiro atoms. The van der Waals surface area contributed by atoms with Gasteiger partial charge in [-0.25, -0.2) is 0 Å². The lowest BCUT2D eigenvalue weighted by atomic mass is 9.77. The van der Waals surface area contributed by atoms with Gasteiger partial charge in [0.25, 0.3) is 0 Å². The van der Waals surface area contributed by atoms with Gasteiger partial charge in [0.05, 0.1) is 5.92 Å². The Balaban J connectivity index is 1.64. The Morgan fingerprint density at radius 3 is 3.00 bits per heavy atom. The molecule has 3 nitrogen and oxygen atoms in total. The number of hydrogen-bond acceptors (Lipinski definition) is 2. The molecule has 0 saturated carbocycles. The summed E-state index contributed by atoms with van der Waals surface area (Å²) in [5.41, 5.74) is 4.69. The largest absolute Gasteiger partial charge is 0.351 e. The maximum atomic E-state index is 12.1. The number of benzene rings is 1. The van der Waals surface area contributed by atoms with Gasteiger partial charge in [-0.3, -0.25) is 9.78 Å². The van der Waals surface area contributed by atoms with E-state index < -0.39 is 0 Å². The summed E-state index contributed by atoms with van der Waals surface area (Å²) in [5, 5.41) is 3.00. The SMILES string of the molecule is Cc1ccncc1CNC(=O)C1Cc2ccccc21. The number of amides is 1. The maximum absolute atomic E-state index is 12.1. The predicted octanol–water partition coefficient (Wildman–Crippen LogP) is 2.35. The van der Waals surface area contributed by atoms with E-state index >= 15 is 0 Å². The highest BCUT2D eigenvalue weighted by molar-refractivity contribution is 5.86. The summed E-state index contributed by atoms with van der Waals surface area (Å²) in [6, 6.07) is 10.1. The molecule has 1 heterocycles. The van der Waals surface area contributed by atoms with E-state index in [1.807, 2.05) is 37.4 Å². The number of hydrogen-bond donors (Lipinski definition) is 1. The van der Waals surface area contributed by atoms with Crippen LogP contribution in [0.1, 0.15) is 28.2 Å². The molecule has 2 aromatic rings. The summed E-state index contributed by atoms with van der Waals surface area (Å²) >= 11 is 0. The van der Waals surface area contributed by atoms with Crippen molar-refractivity contribution in [3.05, 3.63) is 65.0 Å². The van der Waals surface area contributed by atoms with E-state index in [9.17, 15) is 4.79 Å². The summed E-state index contributed by atoms with van der Waals surface area (Å²) in [7, 11) is 0. The number of rotatable bonds is 3. The third-order valence-corrected chi connectivity index (χ3v) is 3.77. The molecule has 0 radical (unpaired) electrons. The first-order valence-corrected chi connectivity index (χ1v) is 6.50. The second-order valence-corrected chi connectivity index (χ2v) is 4.98. The molecular weight excluding hydrogens is 236 g/mol. The first-order chi connectivity index (χ1) is 9.25. The van der Waals surface area contributed by atoms with Gasteiger partial charge in [0.2, 0.25) is 5.91 Å². The molecular formula is C16H16N2O. The van der Waals surface area contributed by atoms with Crippen molar-refractivity contribution in [1.82, 2.24) is 10.3 Å². The third kappa shape index (κ3) is 2.24. The van der Waals surface area contributed by atoms with Gasteiger partial charge in [-0.1, -0.05) is 24.3 Å². The number of pyridine rings is 1. The van der Waals surface area contributed by atoms with Crippen LogP contribution in [0.15, 0.2) is 42.7 Å². The molecule has 1 aliphatic carbocycles. The fourth-order valence-electron chi connectivity index (χ4n) is 2.48. The lowest BCUT2D eigenvalue weighted by molar-refractivity contribution is -0.123. The molecule has 1 N–H and O–H groups in total. The van der Waals surface area contributed by atoms with Gasteiger partial charge in [-0.15, -0.1) is 0 Å². The molecule has 1 amide bonds. The molecule has 19 heavy (non-hydrogen) atoms. The topological polar surface area (TPSA) is 42.0 Å². The van der Waals surface area contributed by atoms with Crippen LogP contribution in [0, 0.1) is 6.92 Å². The number of aromatic nitrogens is 1. The summed E-state index contributed by atoms with van der Waals surface area (Å²) in [4.78, 5) is 16.2. The average Bonchev–Trinajstić information content (AvgIpc) is 2.39. The molecule has 0 bridgehead atoms. The van der Waals surface area contributed by atoms with Gasteiger partial charge in [-0.05, 0) is 41.7 Å². The van der Waals surface area contributed by atoms with Crippen molar-refractivity contribution in [2.24, 2.45) is 0 Å². The van der Waals surface area contributed by atoms with Crippen LogP contribution in [0.2, 0.25) is 0 Å². The fraction of sp³-hybridized carbons (Fsp3) is 0.250. The van der Waals surface area contributed by atoms with Crippen LogP contribution < -0.4 is 5.32 Å². The Bertz CT molecular complexity index is 622. The van der Waals surface area contributed by atoms with Crippen LogP contribution in [0.4, 0.5) is 0 Å².